The highest BCUT2D eigenvalue weighted by Crippen LogP contribution is 2.24. The maximum Gasteiger partial charge on any atom is 0.268 e. The molecule has 0 amide bonds. The number of fused-ring (bicyclic) bond motifs is 1. The van der Waals surface area contributed by atoms with Gasteiger partial charge in [-0.3, -0.25) is 4.79 Å². The van der Waals surface area contributed by atoms with Crippen molar-refractivity contribution in [2.45, 2.75) is 6.54 Å². The van der Waals surface area contributed by atoms with Gasteiger partial charge in [0.15, 0.2) is 0 Å². The van der Waals surface area contributed by atoms with E-state index >= 15 is 0 Å². The first kappa shape index (κ1) is 16.4. The van der Waals surface area contributed by atoms with Crippen LogP contribution in [0.1, 0.15) is 5.82 Å². The minimum absolute atomic E-state index is 0.0833. The molecule has 130 valence electrons. The number of nitrogens with one attached hydrogen (secondary N) is 1. The van der Waals surface area contributed by atoms with Crippen LogP contribution in [0.15, 0.2) is 70.8 Å². The van der Waals surface area contributed by atoms with Crippen molar-refractivity contribution in [3.63, 3.8) is 0 Å². The van der Waals surface area contributed by atoms with Crippen LogP contribution in [0.2, 0.25) is 0 Å². The normalized spacial score (nSPS) is 10.8. The summed E-state index contributed by atoms with van der Waals surface area (Å²) in [4.78, 5) is 21.5. The average Bonchev–Trinajstić information content (AvgIpc) is 3.12. The molecule has 0 radical (unpaired) electrons. The monoisotopic (exact) mass is 363 g/mol. The van der Waals surface area contributed by atoms with Gasteiger partial charge in [-0.2, -0.15) is 0 Å². The van der Waals surface area contributed by atoms with Gasteiger partial charge in [0.1, 0.15) is 22.0 Å². The van der Waals surface area contributed by atoms with Crippen LogP contribution in [0.4, 0.5) is 5.69 Å². The summed E-state index contributed by atoms with van der Waals surface area (Å²) in [5, 5.41) is 1.88. The van der Waals surface area contributed by atoms with Gasteiger partial charge in [-0.15, -0.1) is 11.3 Å². The Hall–Kier alpha value is -3.12. The second-order valence-corrected chi connectivity index (χ2v) is 6.83. The molecule has 0 aliphatic carbocycles. The molecule has 2 heterocycles. The zero-order valence-electron chi connectivity index (χ0n) is 14.2. The maximum absolute atomic E-state index is 12.1. The molecule has 0 unspecified atom stereocenters. The Morgan fingerprint density at radius 3 is 2.54 bits per heavy atom. The standard InChI is InChI=1S/C20H17N3O2S/c1-23(13-18-21-17-11-12-26-19(17)20(24)22-18)14-7-9-16(10-8-14)25-15-5-3-2-4-6-15/h2-12H,13H2,1H3,(H,21,22,24). The number of aromatic amines is 1. The Balaban J connectivity index is 1.48. The molecule has 0 atom stereocenters. The highest BCUT2D eigenvalue weighted by molar-refractivity contribution is 7.17. The van der Waals surface area contributed by atoms with Crippen molar-refractivity contribution in [2.75, 3.05) is 11.9 Å². The lowest BCUT2D eigenvalue weighted by Gasteiger charge is -2.19. The molecule has 0 aliphatic rings. The Morgan fingerprint density at radius 2 is 1.77 bits per heavy atom. The SMILES string of the molecule is CN(Cc1nc2ccsc2c(=O)[nH]1)c1ccc(Oc2ccccc2)cc1. The van der Waals surface area contributed by atoms with Crippen molar-refractivity contribution in [1.82, 2.24) is 9.97 Å². The van der Waals surface area contributed by atoms with Crippen LogP contribution in [0, 0.1) is 0 Å². The van der Waals surface area contributed by atoms with Gasteiger partial charge in [-0.25, -0.2) is 4.98 Å². The van der Waals surface area contributed by atoms with Crippen LogP contribution >= 0.6 is 11.3 Å². The number of hydrogen-bond acceptors (Lipinski definition) is 5. The number of hydrogen-bond donors (Lipinski definition) is 1. The molecular weight excluding hydrogens is 346 g/mol. The third-order valence-electron chi connectivity index (χ3n) is 4.01. The number of benzene rings is 2. The van der Waals surface area contributed by atoms with Crippen LogP contribution in [0.3, 0.4) is 0 Å². The van der Waals surface area contributed by atoms with Gasteiger partial charge < -0.3 is 14.6 Å². The molecule has 0 fully saturated rings. The Bertz CT molecular complexity index is 1070. The highest BCUT2D eigenvalue weighted by atomic mass is 32.1. The zero-order chi connectivity index (χ0) is 17.9. The largest absolute Gasteiger partial charge is 0.457 e. The second kappa shape index (κ2) is 7.01. The summed E-state index contributed by atoms with van der Waals surface area (Å²) in [5.41, 5.74) is 1.67. The molecular formula is C20H17N3O2S. The fraction of sp³-hybridized carbons (Fsp3) is 0.100. The molecule has 5 nitrogen and oxygen atoms in total. The smallest absolute Gasteiger partial charge is 0.268 e. The fourth-order valence-electron chi connectivity index (χ4n) is 2.71. The van der Waals surface area contributed by atoms with Gasteiger partial charge in [-0.05, 0) is 47.8 Å². The lowest BCUT2D eigenvalue weighted by atomic mass is 10.2. The van der Waals surface area contributed by atoms with Crippen molar-refractivity contribution in [2.24, 2.45) is 0 Å². The Kier molecular flexibility index (Phi) is 4.41. The van der Waals surface area contributed by atoms with Crippen LogP contribution in [0.25, 0.3) is 10.2 Å². The summed E-state index contributed by atoms with van der Waals surface area (Å²) < 4.78 is 6.47. The van der Waals surface area contributed by atoms with E-state index in [0.29, 0.717) is 17.1 Å². The molecule has 4 rings (SSSR count). The van der Waals surface area contributed by atoms with Crippen LogP contribution in [-0.4, -0.2) is 17.0 Å². The Labute approximate surface area is 154 Å². The topological polar surface area (TPSA) is 58.2 Å². The van der Waals surface area contributed by atoms with E-state index in [4.69, 9.17) is 4.74 Å². The van der Waals surface area contributed by atoms with Gasteiger partial charge in [0.2, 0.25) is 0 Å². The van der Waals surface area contributed by atoms with Gasteiger partial charge in [-0.1, -0.05) is 18.2 Å². The molecule has 0 saturated heterocycles. The quantitative estimate of drug-likeness (QED) is 0.570. The summed E-state index contributed by atoms with van der Waals surface area (Å²) in [7, 11) is 1.96. The molecule has 0 aliphatic heterocycles. The van der Waals surface area contributed by atoms with Crippen LogP contribution in [0.5, 0.6) is 11.5 Å². The van der Waals surface area contributed by atoms with E-state index in [1.807, 2.05) is 78.0 Å². The van der Waals surface area contributed by atoms with Crippen molar-refractivity contribution in [1.29, 1.82) is 0 Å². The highest BCUT2D eigenvalue weighted by Gasteiger charge is 2.08. The van der Waals surface area contributed by atoms with Gasteiger partial charge in [0, 0.05) is 12.7 Å². The summed E-state index contributed by atoms with van der Waals surface area (Å²) in [6.45, 7) is 0.514. The van der Waals surface area contributed by atoms with Crippen LogP contribution in [-0.2, 0) is 6.54 Å². The number of rotatable bonds is 5. The summed E-state index contributed by atoms with van der Waals surface area (Å²) in [6.07, 6.45) is 0. The Morgan fingerprint density at radius 1 is 1.04 bits per heavy atom. The molecule has 0 spiro atoms. The number of ether oxygens (including phenoxy) is 1. The molecule has 4 aromatic rings. The molecule has 6 heteroatoms. The minimum Gasteiger partial charge on any atom is -0.457 e. The van der Waals surface area contributed by atoms with E-state index in [0.717, 1.165) is 22.7 Å². The first-order chi connectivity index (χ1) is 12.7. The lowest BCUT2D eigenvalue weighted by Crippen LogP contribution is -2.21. The molecule has 26 heavy (non-hydrogen) atoms. The third-order valence-corrected chi connectivity index (χ3v) is 4.91. The van der Waals surface area contributed by atoms with Gasteiger partial charge in [0.05, 0.1) is 12.1 Å². The number of nitrogens with zero attached hydrogens (tertiary/aromatic N) is 2. The molecule has 1 N–H and O–H groups in total. The zero-order valence-corrected chi connectivity index (χ0v) is 15.0. The minimum atomic E-state index is -0.0833. The maximum atomic E-state index is 12.1. The fourth-order valence-corrected chi connectivity index (χ4v) is 3.43. The van der Waals surface area contributed by atoms with E-state index in [9.17, 15) is 4.79 Å². The van der Waals surface area contributed by atoms with E-state index in [1.54, 1.807) is 0 Å². The van der Waals surface area contributed by atoms with E-state index in [-0.39, 0.29) is 5.56 Å². The van der Waals surface area contributed by atoms with Crippen molar-refractivity contribution < 1.29 is 4.74 Å². The van der Waals surface area contributed by atoms with E-state index in [1.165, 1.54) is 11.3 Å². The second-order valence-electron chi connectivity index (χ2n) is 5.91. The molecule has 0 bridgehead atoms. The molecule has 2 aromatic heterocycles. The van der Waals surface area contributed by atoms with Crippen LogP contribution < -0.4 is 15.2 Å². The summed E-state index contributed by atoms with van der Waals surface area (Å²) in [5.74, 6) is 2.23. The predicted octanol–water partition coefficient (Wildman–Crippen LogP) is 4.41. The van der Waals surface area contributed by atoms with Gasteiger partial charge in [0.25, 0.3) is 5.56 Å². The predicted molar refractivity (Wildman–Crippen MR) is 105 cm³/mol. The van der Waals surface area contributed by atoms with Gasteiger partial charge >= 0.3 is 0 Å². The summed E-state index contributed by atoms with van der Waals surface area (Å²) in [6, 6.07) is 19.4. The average molecular weight is 363 g/mol. The third kappa shape index (κ3) is 3.45. The molecule has 0 saturated carbocycles. The number of H-pyrrole nitrogens is 1. The first-order valence-electron chi connectivity index (χ1n) is 8.19. The summed E-state index contributed by atoms with van der Waals surface area (Å²) >= 11 is 1.41. The van der Waals surface area contributed by atoms with Crippen molar-refractivity contribution >= 4 is 27.2 Å². The number of anilines is 1. The lowest BCUT2D eigenvalue weighted by molar-refractivity contribution is 0.482. The number of thiophene rings is 1. The van der Waals surface area contributed by atoms with E-state index < -0.39 is 0 Å². The number of aromatic nitrogens is 2. The first-order valence-corrected chi connectivity index (χ1v) is 9.07. The van der Waals surface area contributed by atoms with E-state index in [2.05, 4.69) is 9.97 Å². The molecule has 2 aromatic carbocycles. The number of para-hydroxylation sites is 1. The van der Waals surface area contributed by atoms with Crippen molar-refractivity contribution in [3.8, 4) is 11.5 Å². The van der Waals surface area contributed by atoms with Crippen molar-refractivity contribution in [3.05, 3.63) is 82.2 Å².